The van der Waals surface area contributed by atoms with Crippen LogP contribution in [0.5, 0.6) is 0 Å². The minimum absolute atomic E-state index is 0.00231. The molecule has 0 spiro atoms. The maximum atomic E-state index is 12.1. The normalized spacial score (nSPS) is 16.6. The number of fused-ring (bicyclic) bond motifs is 1. The molecule has 0 saturated carbocycles. The predicted molar refractivity (Wildman–Crippen MR) is 87.5 cm³/mol. The van der Waals surface area contributed by atoms with E-state index in [4.69, 9.17) is 0 Å². The number of H-pyrrole nitrogens is 1. The molecule has 2 aromatic heterocycles. The molecule has 122 valence electrons. The maximum absolute atomic E-state index is 12.1. The van der Waals surface area contributed by atoms with E-state index in [1.54, 1.807) is 16.7 Å². The Bertz CT molecular complexity index is 801. The Morgan fingerprint density at radius 3 is 2.83 bits per heavy atom. The van der Waals surface area contributed by atoms with Crippen molar-refractivity contribution in [3.63, 3.8) is 0 Å². The van der Waals surface area contributed by atoms with Crippen LogP contribution in [0.4, 0.5) is 0 Å². The zero-order chi connectivity index (χ0) is 16.6. The van der Waals surface area contributed by atoms with Gasteiger partial charge in [-0.3, -0.25) is 9.59 Å². The van der Waals surface area contributed by atoms with Crippen molar-refractivity contribution in [2.45, 2.75) is 40.2 Å². The highest BCUT2D eigenvalue weighted by molar-refractivity contribution is 5.93. The SMILES string of the molecule is Cc1cccc(=O)n1CCc1nc2c([nH]1)CC(C)(C)CNC2=O. The van der Waals surface area contributed by atoms with Crippen LogP contribution >= 0.6 is 0 Å². The van der Waals surface area contributed by atoms with Crippen LogP contribution in [0.3, 0.4) is 0 Å². The van der Waals surface area contributed by atoms with E-state index in [2.05, 4.69) is 29.1 Å². The quantitative estimate of drug-likeness (QED) is 0.899. The topological polar surface area (TPSA) is 79.8 Å². The summed E-state index contributed by atoms with van der Waals surface area (Å²) in [5.41, 5.74) is 2.28. The number of carbonyl (C=O) groups is 1. The fourth-order valence-electron chi connectivity index (χ4n) is 2.97. The zero-order valence-electron chi connectivity index (χ0n) is 13.8. The third-order valence-corrected chi connectivity index (χ3v) is 4.27. The lowest BCUT2D eigenvalue weighted by molar-refractivity contribution is 0.0940. The van der Waals surface area contributed by atoms with E-state index in [0.29, 0.717) is 25.2 Å². The van der Waals surface area contributed by atoms with Crippen molar-refractivity contribution in [2.75, 3.05) is 6.54 Å². The predicted octanol–water partition coefficient (Wildman–Crippen LogP) is 1.43. The van der Waals surface area contributed by atoms with Crippen molar-refractivity contribution in [3.05, 3.63) is 51.5 Å². The first-order valence-electron chi connectivity index (χ1n) is 7.88. The van der Waals surface area contributed by atoms with Crippen molar-refractivity contribution in [3.8, 4) is 0 Å². The molecule has 3 rings (SSSR count). The maximum Gasteiger partial charge on any atom is 0.271 e. The van der Waals surface area contributed by atoms with Gasteiger partial charge in [0.15, 0.2) is 0 Å². The van der Waals surface area contributed by atoms with Gasteiger partial charge in [-0.15, -0.1) is 0 Å². The number of carbonyl (C=O) groups excluding carboxylic acids is 1. The van der Waals surface area contributed by atoms with Crippen LogP contribution in [-0.2, 0) is 19.4 Å². The molecule has 0 aliphatic carbocycles. The van der Waals surface area contributed by atoms with E-state index in [0.717, 1.165) is 23.6 Å². The molecule has 1 amide bonds. The Labute approximate surface area is 134 Å². The number of pyridine rings is 1. The average molecular weight is 314 g/mol. The number of hydrogen-bond acceptors (Lipinski definition) is 3. The molecule has 0 radical (unpaired) electrons. The van der Waals surface area contributed by atoms with E-state index in [1.807, 2.05) is 13.0 Å². The molecule has 6 nitrogen and oxygen atoms in total. The van der Waals surface area contributed by atoms with Crippen LogP contribution in [-0.4, -0.2) is 27.0 Å². The second kappa shape index (κ2) is 5.68. The fourth-order valence-corrected chi connectivity index (χ4v) is 2.97. The molecule has 0 aromatic carbocycles. The molecular formula is C17H22N4O2. The second-order valence-electron chi connectivity index (χ2n) is 6.94. The zero-order valence-corrected chi connectivity index (χ0v) is 13.8. The van der Waals surface area contributed by atoms with Crippen LogP contribution < -0.4 is 10.9 Å². The van der Waals surface area contributed by atoms with Gasteiger partial charge < -0.3 is 14.9 Å². The number of imidazole rings is 1. The van der Waals surface area contributed by atoms with Crippen molar-refractivity contribution in [2.24, 2.45) is 5.41 Å². The average Bonchev–Trinajstić information content (AvgIpc) is 2.82. The van der Waals surface area contributed by atoms with Gasteiger partial charge in [-0.1, -0.05) is 19.9 Å². The van der Waals surface area contributed by atoms with Gasteiger partial charge in [-0.05, 0) is 24.8 Å². The van der Waals surface area contributed by atoms with Crippen molar-refractivity contribution >= 4 is 5.91 Å². The van der Waals surface area contributed by atoms with Gasteiger partial charge in [-0.2, -0.15) is 0 Å². The van der Waals surface area contributed by atoms with E-state index in [9.17, 15) is 9.59 Å². The molecule has 0 bridgehead atoms. The smallest absolute Gasteiger partial charge is 0.271 e. The van der Waals surface area contributed by atoms with Gasteiger partial charge in [0.25, 0.3) is 11.5 Å². The summed E-state index contributed by atoms with van der Waals surface area (Å²) < 4.78 is 1.72. The summed E-state index contributed by atoms with van der Waals surface area (Å²) in [4.78, 5) is 31.8. The number of aromatic nitrogens is 3. The van der Waals surface area contributed by atoms with Crippen molar-refractivity contribution < 1.29 is 4.79 Å². The van der Waals surface area contributed by atoms with Crippen LogP contribution in [0.25, 0.3) is 0 Å². The van der Waals surface area contributed by atoms with E-state index < -0.39 is 0 Å². The number of rotatable bonds is 3. The van der Waals surface area contributed by atoms with Crippen molar-refractivity contribution in [1.82, 2.24) is 19.9 Å². The number of nitrogens with zero attached hydrogens (tertiary/aromatic N) is 2. The number of aromatic amines is 1. The summed E-state index contributed by atoms with van der Waals surface area (Å²) in [5.74, 6) is 0.624. The van der Waals surface area contributed by atoms with Crippen molar-refractivity contribution in [1.29, 1.82) is 0 Å². The van der Waals surface area contributed by atoms with Crippen LogP contribution in [0.1, 0.15) is 41.5 Å². The summed E-state index contributed by atoms with van der Waals surface area (Å²) in [5, 5.41) is 2.92. The van der Waals surface area contributed by atoms with Gasteiger partial charge in [0.05, 0.1) is 0 Å². The van der Waals surface area contributed by atoms with E-state index in [-0.39, 0.29) is 16.9 Å². The van der Waals surface area contributed by atoms with Gasteiger partial charge in [0, 0.05) is 37.0 Å². The number of hydrogen-bond donors (Lipinski definition) is 2. The number of aryl methyl sites for hydroxylation is 2. The first-order valence-corrected chi connectivity index (χ1v) is 7.88. The standard InChI is InChI=1S/C17H22N4O2/c1-11-5-4-6-14(22)21(11)8-7-13-19-12-9-17(2,3)10-18-16(23)15(12)20-13/h4-6H,7-10H2,1-3H3,(H,18,23)(H,19,20). The highest BCUT2D eigenvalue weighted by Gasteiger charge is 2.29. The Morgan fingerprint density at radius 2 is 2.09 bits per heavy atom. The van der Waals surface area contributed by atoms with Crippen LogP contribution in [0.2, 0.25) is 0 Å². The third kappa shape index (κ3) is 3.21. The summed E-state index contributed by atoms with van der Waals surface area (Å²) in [6, 6.07) is 5.23. The second-order valence-corrected chi connectivity index (χ2v) is 6.94. The highest BCUT2D eigenvalue weighted by atomic mass is 16.2. The number of nitrogens with one attached hydrogen (secondary N) is 2. The lowest BCUT2D eigenvalue weighted by Crippen LogP contribution is -2.32. The minimum Gasteiger partial charge on any atom is -0.350 e. The van der Waals surface area contributed by atoms with Crippen LogP contribution in [0, 0.1) is 12.3 Å². The van der Waals surface area contributed by atoms with E-state index in [1.165, 1.54) is 0 Å². The molecule has 2 aromatic rings. The first-order chi connectivity index (χ1) is 10.9. The monoisotopic (exact) mass is 314 g/mol. The summed E-state index contributed by atoms with van der Waals surface area (Å²) in [6.45, 7) is 7.34. The minimum atomic E-state index is -0.124. The molecule has 2 N–H and O–H groups in total. The molecule has 0 fully saturated rings. The summed E-state index contributed by atoms with van der Waals surface area (Å²) in [6.07, 6.45) is 1.36. The molecule has 23 heavy (non-hydrogen) atoms. The lowest BCUT2D eigenvalue weighted by atomic mass is 9.88. The molecule has 6 heteroatoms. The third-order valence-electron chi connectivity index (χ3n) is 4.27. The fraction of sp³-hybridized carbons (Fsp3) is 0.471. The summed E-state index contributed by atoms with van der Waals surface area (Å²) in [7, 11) is 0. The molecule has 0 atom stereocenters. The number of amides is 1. The first kappa shape index (κ1) is 15.5. The van der Waals surface area contributed by atoms with Gasteiger partial charge >= 0.3 is 0 Å². The van der Waals surface area contributed by atoms with Gasteiger partial charge in [0.1, 0.15) is 11.5 Å². The van der Waals surface area contributed by atoms with Gasteiger partial charge in [0.2, 0.25) is 0 Å². The van der Waals surface area contributed by atoms with Crippen LogP contribution in [0.15, 0.2) is 23.0 Å². The molecule has 3 heterocycles. The molecule has 1 aliphatic heterocycles. The van der Waals surface area contributed by atoms with Gasteiger partial charge in [-0.25, -0.2) is 4.98 Å². The van der Waals surface area contributed by atoms with E-state index >= 15 is 0 Å². The largest absolute Gasteiger partial charge is 0.350 e. The highest BCUT2D eigenvalue weighted by Crippen LogP contribution is 2.25. The lowest BCUT2D eigenvalue weighted by Gasteiger charge is -2.21. The Hall–Kier alpha value is -2.37. The Morgan fingerprint density at radius 1 is 1.30 bits per heavy atom. The molecule has 0 saturated heterocycles. The molecule has 1 aliphatic rings. The Balaban J connectivity index is 1.82. The Kier molecular flexibility index (Phi) is 3.83. The summed E-state index contributed by atoms with van der Waals surface area (Å²) >= 11 is 0. The molecular weight excluding hydrogens is 292 g/mol. The molecule has 0 unspecified atom stereocenters.